The smallest absolute Gasteiger partial charge is 0.265 e. The predicted molar refractivity (Wildman–Crippen MR) is 111 cm³/mol. The number of hydrogen-bond acceptors (Lipinski definition) is 3. The molecule has 0 aromatic heterocycles. The summed E-state index contributed by atoms with van der Waals surface area (Å²) in [6, 6.07) is 19.9. The second-order valence-corrected chi connectivity index (χ2v) is 8.67. The molecule has 0 fully saturated rings. The molecule has 0 saturated carbocycles. The lowest BCUT2D eigenvalue weighted by molar-refractivity contribution is -0.114. The van der Waals surface area contributed by atoms with E-state index in [0.717, 1.165) is 22.4 Å². The molecule has 0 spiro atoms. The zero-order valence-electron chi connectivity index (χ0n) is 15.6. The molecule has 0 aliphatic carbocycles. The first-order valence-electron chi connectivity index (χ1n) is 8.97. The molecule has 0 unspecified atom stereocenters. The zero-order chi connectivity index (χ0) is 19.9. The number of para-hydroxylation sites is 2. The molecule has 142 valence electrons. The number of carbonyl (C=O) groups is 1. The Kier molecular flexibility index (Phi) is 4.43. The van der Waals surface area contributed by atoms with E-state index in [9.17, 15) is 13.2 Å². The molecule has 1 aliphatic rings. The summed E-state index contributed by atoms with van der Waals surface area (Å²) in [6.45, 7) is 3.53. The average Bonchev–Trinajstić information content (AvgIpc) is 2.68. The first kappa shape index (κ1) is 18.3. The van der Waals surface area contributed by atoms with Crippen molar-refractivity contribution >= 4 is 27.3 Å². The van der Waals surface area contributed by atoms with Crippen molar-refractivity contribution in [2.45, 2.75) is 18.7 Å². The van der Waals surface area contributed by atoms with Gasteiger partial charge < -0.3 is 5.32 Å². The Hall–Kier alpha value is -3.12. The van der Waals surface area contributed by atoms with Crippen LogP contribution in [0.1, 0.15) is 11.1 Å². The van der Waals surface area contributed by atoms with Crippen LogP contribution < -0.4 is 9.62 Å². The Balaban J connectivity index is 1.73. The van der Waals surface area contributed by atoms with Gasteiger partial charge in [-0.25, -0.2) is 8.42 Å². The molecule has 0 atom stereocenters. The van der Waals surface area contributed by atoms with Crippen molar-refractivity contribution in [2.24, 2.45) is 0 Å². The third-order valence-electron chi connectivity index (χ3n) is 4.95. The molecular weight excluding hydrogens is 372 g/mol. The number of carbonyl (C=O) groups excluding carboxylic acids is 1. The van der Waals surface area contributed by atoms with Crippen LogP contribution in [-0.2, 0) is 14.8 Å². The molecule has 0 bridgehead atoms. The highest BCUT2D eigenvalue weighted by atomic mass is 32.2. The molecule has 4 rings (SSSR count). The van der Waals surface area contributed by atoms with Gasteiger partial charge in [0.05, 0.1) is 10.6 Å². The maximum atomic E-state index is 13.2. The lowest BCUT2D eigenvalue weighted by Gasteiger charge is -2.31. The molecule has 1 N–H and O–H groups in total. The van der Waals surface area contributed by atoms with Crippen LogP contribution in [-0.4, -0.2) is 20.9 Å². The van der Waals surface area contributed by atoms with Crippen LogP contribution in [0, 0.1) is 13.8 Å². The molecular formula is C22H20N2O3S. The number of sulfonamides is 1. The Bertz CT molecular complexity index is 1170. The minimum atomic E-state index is -3.83. The highest BCUT2D eigenvalue weighted by molar-refractivity contribution is 7.93. The minimum absolute atomic E-state index is 0.216. The summed E-state index contributed by atoms with van der Waals surface area (Å²) in [6.07, 6.45) is 0. The molecule has 3 aromatic rings. The molecule has 1 heterocycles. The molecule has 3 aromatic carbocycles. The summed E-state index contributed by atoms with van der Waals surface area (Å²) in [4.78, 5) is 13.0. The summed E-state index contributed by atoms with van der Waals surface area (Å²) in [5, 5.41) is 2.87. The van der Waals surface area contributed by atoms with Crippen LogP contribution in [0.5, 0.6) is 0 Å². The van der Waals surface area contributed by atoms with Crippen LogP contribution >= 0.6 is 0 Å². The van der Waals surface area contributed by atoms with Crippen LogP contribution in [0.15, 0.2) is 71.6 Å². The SMILES string of the molecule is Cc1cccc(C)c1NC(=O)CN1c2ccccc2-c2ccccc2S1(=O)=O. The van der Waals surface area contributed by atoms with Crippen molar-refractivity contribution in [3.8, 4) is 11.1 Å². The van der Waals surface area contributed by atoms with Crippen molar-refractivity contribution in [2.75, 3.05) is 16.2 Å². The lowest BCUT2D eigenvalue weighted by atomic mass is 10.0. The standard InChI is InChI=1S/C22H20N2O3S/c1-15-8-7-9-16(2)22(15)23-21(25)14-24-19-12-5-3-10-17(19)18-11-4-6-13-20(18)28(24,26)27/h3-13H,14H2,1-2H3,(H,23,25). The number of amides is 1. The number of hydrogen-bond donors (Lipinski definition) is 1. The number of rotatable bonds is 3. The number of benzene rings is 3. The number of anilines is 2. The summed E-state index contributed by atoms with van der Waals surface area (Å²) >= 11 is 0. The van der Waals surface area contributed by atoms with Gasteiger partial charge in [0.25, 0.3) is 10.0 Å². The van der Waals surface area contributed by atoms with E-state index in [1.54, 1.807) is 30.3 Å². The Labute approximate surface area is 164 Å². The summed E-state index contributed by atoms with van der Waals surface area (Å²) in [7, 11) is -3.83. The molecule has 6 heteroatoms. The van der Waals surface area contributed by atoms with Crippen LogP contribution in [0.25, 0.3) is 11.1 Å². The first-order valence-corrected chi connectivity index (χ1v) is 10.4. The van der Waals surface area contributed by atoms with Crippen molar-refractivity contribution < 1.29 is 13.2 Å². The van der Waals surface area contributed by atoms with Gasteiger partial charge >= 0.3 is 0 Å². The number of nitrogens with one attached hydrogen (secondary N) is 1. The fraction of sp³-hybridized carbons (Fsp3) is 0.136. The normalized spacial score (nSPS) is 14.1. The van der Waals surface area contributed by atoms with Crippen LogP contribution in [0.4, 0.5) is 11.4 Å². The Morgan fingerprint density at radius 1 is 0.857 bits per heavy atom. The van der Waals surface area contributed by atoms with E-state index >= 15 is 0 Å². The van der Waals surface area contributed by atoms with E-state index < -0.39 is 10.0 Å². The fourth-order valence-electron chi connectivity index (χ4n) is 3.57. The second kappa shape index (κ2) is 6.80. The van der Waals surface area contributed by atoms with Gasteiger partial charge in [0.1, 0.15) is 6.54 Å². The molecule has 28 heavy (non-hydrogen) atoms. The quantitative estimate of drug-likeness (QED) is 0.729. The topological polar surface area (TPSA) is 66.5 Å². The van der Waals surface area contributed by atoms with Crippen LogP contribution in [0.3, 0.4) is 0 Å². The minimum Gasteiger partial charge on any atom is -0.324 e. The first-order chi connectivity index (χ1) is 13.4. The molecule has 0 saturated heterocycles. The van der Waals surface area contributed by atoms with E-state index in [-0.39, 0.29) is 17.3 Å². The summed E-state index contributed by atoms with van der Waals surface area (Å²) in [5.41, 5.74) is 4.55. The maximum absolute atomic E-state index is 13.2. The molecule has 1 amide bonds. The third kappa shape index (κ3) is 2.96. The molecule has 5 nitrogen and oxygen atoms in total. The average molecular weight is 392 g/mol. The van der Waals surface area contributed by atoms with Crippen molar-refractivity contribution in [1.82, 2.24) is 0 Å². The number of fused-ring (bicyclic) bond motifs is 3. The second-order valence-electron chi connectivity index (χ2n) is 6.84. The lowest BCUT2D eigenvalue weighted by Crippen LogP contribution is -2.40. The monoisotopic (exact) mass is 392 g/mol. The van der Waals surface area contributed by atoms with Crippen molar-refractivity contribution in [3.05, 3.63) is 77.9 Å². The highest BCUT2D eigenvalue weighted by Gasteiger charge is 2.35. The fourth-order valence-corrected chi connectivity index (χ4v) is 5.22. The molecule has 1 aliphatic heterocycles. The maximum Gasteiger partial charge on any atom is 0.265 e. The Morgan fingerprint density at radius 2 is 1.46 bits per heavy atom. The van der Waals surface area contributed by atoms with Crippen LogP contribution in [0.2, 0.25) is 0 Å². The van der Waals surface area contributed by atoms with Gasteiger partial charge in [0.15, 0.2) is 0 Å². The van der Waals surface area contributed by atoms with E-state index in [1.165, 1.54) is 4.31 Å². The van der Waals surface area contributed by atoms with Gasteiger partial charge in [-0.3, -0.25) is 9.10 Å². The van der Waals surface area contributed by atoms with E-state index in [0.29, 0.717) is 11.3 Å². The highest BCUT2D eigenvalue weighted by Crippen LogP contribution is 2.42. The third-order valence-corrected chi connectivity index (χ3v) is 6.77. The van der Waals surface area contributed by atoms with Gasteiger partial charge in [-0.15, -0.1) is 0 Å². The summed E-state index contributed by atoms with van der Waals surface area (Å²) in [5.74, 6) is -0.379. The van der Waals surface area contributed by atoms with Gasteiger partial charge in [-0.1, -0.05) is 54.6 Å². The summed E-state index contributed by atoms with van der Waals surface area (Å²) < 4.78 is 27.7. The number of nitrogens with zero attached hydrogens (tertiary/aromatic N) is 1. The van der Waals surface area contributed by atoms with Crippen molar-refractivity contribution in [1.29, 1.82) is 0 Å². The van der Waals surface area contributed by atoms with Gasteiger partial charge in [0, 0.05) is 16.8 Å². The van der Waals surface area contributed by atoms with Crippen molar-refractivity contribution in [3.63, 3.8) is 0 Å². The van der Waals surface area contributed by atoms with Gasteiger partial charge in [-0.05, 0) is 37.1 Å². The molecule has 0 radical (unpaired) electrons. The largest absolute Gasteiger partial charge is 0.324 e. The Morgan fingerprint density at radius 3 is 2.18 bits per heavy atom. The van der Waals surface area contributed by atoms with Gasteiger partial charge in [-0.2, -0.15) is 0 Å². The zero-order valence-corrected chi connectivity index (χ0v) is 16.5. The van der Waals surface area contributed by atoms with E-state index in [4.69, 9.17) is 0 Å². The van der Waals surface area contributed by atoms with E-state index in [1.807, 2.05) is 50.2 Å². The van der Waals surface area contributed by atoms with Gasteiger partial charge in [0.2, 0.25) is 5.91 Å². The predicted octanol–water partition coefficient (Wildman–Crippen LogP) is 4.12. The van der Waals surface area contributed by atoms with E-state index in [2.05, 4.69) is 5.32 Å². The number of aryl methyl sites for hydroxylation is 2.